The lowest BCUT2D eigenvalue weighted by atomic mass is 9.93. The summed E-state index contributed by atoms with van der Waals surface area (Å²) in [4.78, 5) is 9.51. The molecule has 10 rings (SSSR count). The van der Waals surface area contributed by atoms with Crippen molar-refractivity contribution in [2.45, 2.75) is 0 Å². The number of nitrogens with zero attached hydrogens (tertiary/aromatic N) is 3. The van der Waals surface area contributed by atoms with E-state index in [1.807, 2.05) is 84.9 Å². The Morgan fingerprint density at radius 3 is 1.80 bits per heavy atom. The number of nitrogens with one attached hydrogen (secondary N) is 1. The maximum Gasteiger partial charge on any atom is 0.163 e. The Balaban J connectivity index is 1.24. The number of rotatable bonds is 6. The number of aliphatic imine (C=N–C) groups is 2. The highest BCUT2D eigenvalue weighted by Crippen LogP contribution is 2.44. The number of amidine groups is 2. The maximum atomic E-state index is 9.73. The summed E-state index contributed by atoms with van der Waals surface area (Å²) >= 11 is 0. The van der Waals surface area contributed by atoms with Gasteiger partial charge in [-0.3, -0.25) is 5.41 Å². The predicted octanol–water partition coefficient (Wildman–Crippen LogP) is 13.2. The Bertz CT molecular complexity index is 3140. The smallest absolute Gasteiger partial charge is 0.163 e. The van der Waals surface area contributed by atoms with E-state index >= 15 is 0 Å². The molecule has 0 spiro atoms. The molecule has 0 bridgehead atoms. The molecular weight excluding hydrogens is 685 g/mol. The van der Waals surface area contributed by atoms with Crippen LogP contribution in [0.2, 0.25) is 0 Å². The molecule has 2 heterocycles. The molecule has 0 atom stereocenters. The van der Waals surface area contributed by atoms with Gasteiger partial charge < -0.3 is 8.98 Å². The van der Waals surface area contributed by atoms with Crippen LogP contribution in [0.5, 0.6) is 0 Å². The lowest BCUT2D eigenvalue weighted by molar-refractivity contribution is 0.671. The lowest BCUT2D eigenvalue weighted by Gasteiger charge is -2.12. The molecule has 264 valence electrons. The van der Waals surface area contributed by atoms with Gasteiger partial charge in [-0.2, -0.15) is 0 Å². The second kappa shape index (κ2) is 13.7. The number of benzene rings is 8. The quantitative estimate of drug-likeness (QED) is 0.135. The van der Waals surface area contributed by atoms with Crippen LogP contribution in [0.25, 0.3) is 82.8 Å². The average Bonchev–Trinajstić information content (AvgIpc) is 3.83. The van der Waals surface area contributed by atoms with E-state index in [4.69, 9.17) is 9.41 Å². The van der Waals surface area contributed by atoms with Gasteiger partial charge in [-0.1, -0.05) is 140 Å². The molecule has 1 N–H and O–H groups in total. The molecule has 0 aliphatic heterocycles. The molecular formula is C51H34N4O. The minimum atomic E-state index is 0.0606. The Morgan fingerprint density at radius 2 is 1.11 bits per heavy atom. The molecule has 0 saturated carbocycles. The Hall–Kier alpha value is -7.63. The Kier molecular flexibility index (Phi) is 8.04. The van der Waals surface area contributed by atoms with Gasteiger partial charge in [0.1, 0.15) is 11.2 Å². The summed E-state index contributed by atoms with van der Waals surface area (Å²) in [5.74, 6) is 0.425. The summed E-state index contributed by atoms with van der Waals surface area (Å²) in [5.41, 5.74) is 12.1. The van der Waals surface area contributed by atoms with Crippen LogP contribution < -0.4 is 0 Å². The van der Waals surface area contributed by atoms with E-state index in [2.05, 4.69) is 119 Å². The number of hydrogen-bond donors (Lipinski definition) is 1. The van der Waals surface area contributed by atoms with Crippen molar-refractivity contribution in [3.05, 3.63) is 199 Å². The summed E-state index contributed by atoms with van der Waals surface area (Å²) in [6.07, 6.45) is 0. The highest BCUT2D eigenvalue weighted by Gasteiger charge is 2.23. The van der Waals surface area contributed by atoms with Crippen molar-refractivity contribution >= 4 is 62.1 Å². The summed E-state index contributed by atoms with van der Waals surface area (Å²) < 4.78 is 9.24. The second-order valence-electron chi connectivity index (χ2n) is 13.8. The number of furan rings is 1. The van der Waals surface area contributed by atoms with Crippen LogP contribution in [0.15, 0.2) is 202 Å². The average molecular weight is 719 g/mol. The maximum absolute atomic E-state index is 9.73. The molecule has 56 heavy (non-hydrogen) atoms. The second-order valence-corrected chi connectivity index (χ2v) is 13.8. The predicted molar refractivity (Wildman–Crippen MR) is 234 cm³/mol. The first-order valence-corrected chi connectivity index (χ1v) is 18.6. The van der Waals surface area contributed by atoms with Crippen molar-refractivity contribution < 1.29 is 4.42 Å². The van der Waals surface area contributed by atoms with Gasteiger partial charge in [-0.05, 0) is 77.5 Å². The largest absolute Gasteiger partial charge is 0.455 e. The van der Waals surface area contributed by atoms with Gasteiger partial charge in [0.05, 0.1) is 11.0 Å². The van der Waals surface area contributed by atoms with Crippen molar-refractivity contribution in [1.82, 2.24) is 4.57 Å². The summed E-state index contributed by atoms with van der Waals surface area (Å²) in [5, 5.41) is 13.7. The van der Waals surface area contributed by atoms with Crippen LogP contribution in [-0.2, 0) is 0 Å². The zero-order chi connectivity index (χ0) is 37.6. The first kappa shape index (κ1) is 33.0. The van der Waals surface area contributed by atoms with Crippen LogP contribution >= 0.6 is 0 Å². The molecule has 0 saturated heterocycles. The first-order valence-electron chi connectivity index (χ1n) is 18.6. The fraction of sp³-hybridized carbons (Fsp3) is 0. The fourth-order valence-electron chi connectivity index (χ4n) is 8.05. The van der Waals surface area contributed by atoms with Gasteiger partial charge in [-0.15, -0.1) is 0 Å². The molecule has 0 amide bonds. The number of para-hydroxylation sites is 3. The van der Waals surface area contributed by atoms with E-state index in [0.29, 0.717) is 17.0 Å². The first-order chi connectivity index (χ1) is 27.7. The SMILES string of the molecule is C=NC(=NC(=N)c1ccc(-c2ccccc2)c2oc3c(-c4ccccc4)cc(-c4ccccc4)cc3c12)c1cccc2c3ccccc3n(-c3ccccc3)c12. The van der Waals surface area contributed by atoms with Gasteiger partial charge in [0.25, 0.3) is 0 Å². The van der Waals surface area contributed by atoms with Gasteiger partial charge in [-0.25, -0.2) is 9.98 Å². The summed E-state index contributed by atoms with van der Waals surface area (Å²) in [6.45, 7) is 3.99. The van der Waals surface area contributed by atoms with Gasteiger partial charge in [0.15, 0.2) is 11.7 Å². The minimum Gasteiger partial charge on any atom is -0.455 e. The molecule has 10 aromatic rings. The van der Waals surface area contributed by atoms with Crippen LogP contribution in [0.1, 0.15) is 11.1 Å². The molecule has 0 aliphatic rings. The molecule has 0 radical (unpaired) electrons. The molecule has 0 aliphatic carbocycles. The topological polar surface area (TPSA) is 66.6 Å². The number of hydrogen-bond acceptors (Lipinski definition) is 2. The Labute approximate surface area is 323 Å². The van der Waals surface area contributed by atoms with Gasteiger partial charge >= 0.3 is 0 Å². The van der Waals surface area contributed by atoms with Crippen molar-refractivity contribution in [2.75, 3.05) is 0 Å². The lowest BCUT2D eigenvalue weighted by Crippen LogP contribution is -2.06. The molecule has 2 aromatic heterocycles. The summed E-state index contributed by atoms with van der Waals surface area (Å²) in [7, 11) is 0. The molecule has 8 aromatic carbocycles. The molecule has 0 fully saturated rings. The Morgan fingerprint density at radius 1 is 0.500 bits per heavy atom. The van der Waals surface area contributed by atoms with Crippen molar-refractivity contribution in [3.63, 3.8) is 0 Å². The van der Waals surface area contributed by atoms with Crippen LogP contribution in [0.4, 0.5) is 0 Å². The van der Waals surface area contributed by atoms with Crippen LogP contribution in [0, 0.1) is 5.41 Å². The van der Waals surface area contributed by atoms with Crippen molar-refractivity contribution in [1.29, 1.82) is 5.41 Å². The van der Waals surface area contributed by atoms with E-state index in [9.17, 15) is 5.41 Å². The van der Waals surface area contributed by atoms with Crippen molar-refractivity contribution in [3.8, 4) is 39.1 Å². The van der Waals surface area contributed by atoms with E-state index in [0.717, 1.165) is 82.8 Å². The third-order valence-electron chi connectivity index (χ3n) is 10.6. The zero-order valence-corrected chi connectivity index (χ0v) is 30.4. The summed E-state index contributed by atoms with van der Waals surface area (Å²) in [6, 6.07) is 64.3. The van der Waals surface area contributed by atoms with E-state index in [-0.39, 0.29) is 5.84 Å². The fourth-order valence-corrected chi connectivity index (χ4v) is 8.05. The van der Waals surface area contributed by atoms with Crippen LogP contribution in [0.3, 0.4) is 0 Å². The van der Waals surface area contributed by atoms with E-state index in [1.54, 1.807) is 0 Å². The monoisotopic (exact) mass is 718 g/mol. The number of aromatic nitrogens is 1. The van der Waals surface area contributed by atoms with Crippen molar-refractivity contribution in [2.24, 2.45) is 9.98 Å². The van der Waals surface area contributed by atoms with Gasteiger partial charge in [0.2, 0.25) is 0 Å². The normalized spacial score (nSPS) is 11.8. The third kappa shape index (κ3) is 5.45. The third-order valence-corrected chi connectivity index (χ3v) is 10.6. The van der Waals surface area contributed by atoms with E-state index in [1.165, 1.54) is 0 Å². The standard InChI is InChI=1S/C51H34N4O/c1-53-51(42-27-16-26-40-39-25-14-15-28-45(39)55(47(40)42)37-23-12-5-13-24-37)54-50(52)41-30-29-38(34-19-8-3-9-20-34)49-46(41)44-32-36(33-17-6-2-7-18-33)31-43(48(44)56-49)35-21-10-4-11-22-35/h2-32,52H,1H2. The minimum absolute atomic E-state index is 0.0606. The highest BCUT2D eigenvalue weighted by atomic mass is 16.3. The highest BCUT2D eigenvalue weighted by molar-refractivity contribution is 6.26. The van der Waals surface area contributed by atoms with E-state index < -0.39 is 0 Å². The molecule has 0 unspecified atom stereocenters. The number of fused-ring (bicyclic) bond motifs is 6. The zero-order valence-electron chi connectivity index (χ0n) is 30.4. The molecule has 5 nitrogen and oxygen atoms in total. The van der Waals surface area contributed by atoms with Crippen LogP contribution in [-0.4, -0.2) is 23.0 Å². The van der Waals surface area contributed by atoms with Gasteiger partial charge in [0, 0.05) is 49.5 Å². The molecule has 5 heteroatoms.